The Hall–Kier alpha value is -1.31. The Morgan fingerprint density at radius 1 is 1.26 bits per heavy atom. The van der Waals surface area contributed by atoms with E-state index in [1.807, 2.05) is 0 Å². The van der Waals surface area contributed by atoms with Gasteiger partial charge >= 0.3 is 0 Å². The summed E-state index contributed by atoms with van der Waals surface area (Å²) in [4.78, 5) is -0.0267. The lowest BCUT2D eigenvalue weighted by atomic mass is 10.1. The second-order valence-electron chi connectivity index (χ2n) is 4.12. The largest absolute Gasteiger partial charge is 0.495 e. The average Bonchev–Trinajstić information content (AvgIpc) is 2.36. The quantitative estimate of drug-likeness (QED) is 0.790. The highest BCUT2D eigenvalue weighted by Gasteiger charge is 2.23. The van der Waals surface area contributed by atoms with Crippen molar-refractivity contribution in [1.29, 1.82) is 0 Å². The van der Waals surface area contributed by atoms with Gasteiger partial charge in [0.25, 0.3) is 0 Å². The maximum absolute atomic E-state index is 11.8. The molecule has 19 heavy (non-hydrogen) atoms. The van der Waals surface area contributed by atoms with Gasteiger partial charge < -0.3 is 20.3 Å². The number of methoxy groups -OCH3 is 2. The van der Waals surface area contributed by atoms with Gasteiger partial charge in [-0.1, -0.05) is 0 Å². The Morgan fingerprint density at radius 3 is 2.05 bits per heavy atom. The molecule has 0 aliphatic carbocycles. The van der Waals surface area contributed by atoms with Crippen LogP contribution in [0.1, 0.15) is 18.1 Å². The summed E-state index contributed by atoms with van der Waals surface area (Å²) in [5.41, 5.74) is 5.89. The van der Waals surface area contributed by atoms with Crippen molar-refractivity contribution in [3.8, 4) is 11.5 Å². The molecule has 0 amide bonds. The molecule has 0 saturated heterocycles. The minimum Gasteiger partial charge on any atom is -0.495 e. The molecule has 0 aliphatic rings. The summed E-state index contributed by atoms with van der Waals surface area (Å²) < 4.78 is 33.7. The molecule has 1 unspecified atom stereocenters. The predicted octanol–water partition coefficient (Wildman–Crippen LogP) is 0.490. The third kappa shape index (κ3) is 3.59. The lowest BCUT2D eigenvalue weighted by Gasteiger charge is -2.16. The van der Waals surface area contributed by atoms with Crippen molar-refractivity contribution >= 4 is 9.84 Å². The third-order valence-electron chi connectivity index (χ3n) is 2.68. The van der Waals surface area contributed by atoms with Crippen LogP contribution in [0.4, 0.5) is 0 Å². The molecule has 0 aromatic heterocycles. The molecule has 0 heterocycles. The molecular formula is C12H19NO5S. The van der Waals surface area contributed by atoms with Gasteiger partial charge in [-0.25, -0.2) is 8.42 Å². The van der Waals surface area contributed by atoms with Crippen LogP contribution in [0.5, 0.6) is 11.5 Å². The van der Waals surface area contributed by atoms with Gasteiger partial charge in [-0.3, -0.25) is 0 Å². The number of benzene rings is 1. The first-order chi connectivity index (χ1) is 8.85. The van der Waals surface area contributed by atoms with E-state index in [4.69, 9.17) is 15.2 Å². The van der Waals surface area contributed by atoms with Crippen molar-refractivity contribution in [3.05, 3.63) is 17.7 Å². The van der Waals surface area contributed by atoms with Crippen molar-refractivity contribution in [1.82, 2.24) is 0 Å². The zero-order valence-electron chi connectivity index (χ0n) is 11.2. The van der Waals surface area contributed by atoms with E-state index in [-0.39, 0.29) is 16.4 Å². The SMILES string of the molecule is COc1cc(C(O)CCN)cc(OC)c1S(C)(=O)=O. The Balaban J connectivity index is 3.45. The Morgan fingerprint density at radius 2 is 1.74 bits per heavy atom. The smallest absolute Gasteiger partial charge is 0.182 e. The molecule has 1 rings (SSSR count). The van der Waals surface area contributed by atoms with Crippen LogP contribution in [-0.4, -0.2) is 40.5 Å². The highest BCUT2D eigenvalue weighted by atomic mass is 32.2. The topological polar surface area (TPSA) is 98.8 Å². The van der Waals surface area contributed by atoms with Crippen molar-refractivity contribution < 1.29 is 23.0 Å². The summed E-state index contributed by atoms with van der Waals surface area (Å²) in [6, 6.07) is 2.97. The standard InChI is InChI=1S/C12H19NO5S/c1-17-10-6-8(9(14)4-5-13)7-11(18-2)12(10)19(3,15)16/h6-7,9,14H,4-5,13H2,1-3H3. The fourth-order valence-corrected chi connectivity index (χ4v) is 2.80. The minimum absolute atomic E-state index is 0.0267. The number of aliphatic hydroxyl groups is 1. The van der Waals surface area contributed by atoms with Gasteiger partial charge in [-0.05, 0) is 30.7 Å². The van der Waals surface area contributed by atoms with Crippen LogP contribution in [0, 0.1) is 0 Å². The summed E-state index contributed by atoms with van der Waals surface area (Å²) in [6.07, 6.45) is 0.648. The van der Waals surface area contributed by atoms with E-state index in [2.05, 4.69) is 0 Å². The number of nitrogens with two attached hydrogens (primary N) is 1. The molecule has 7 heteroatoms. The number of sulfone groups is 1. The Labute approximate surface area is 113 Å². The van der Waals surface area contributed by atoms with Gasteiger partial charge in [0, 0.05) is 6.26 Å². The van der Waals surface area contributed by atoms with Crippen LogP contribution < -0.4 is 15.2 Å². The van der Waals surface area contributed by atoms with Crippen LogP contribution in [0.25, 0.3) is 0 Å². The summed E-state index contributed by atoms with van der Waals surface area (Å²) in [7, 11) is -0.772. The summed E-state index contributed by atoms with van der Waals surface area (Å²) in [5.74, 6) is 0.292. The second kappa shape index (κ2) is 6.23. The number of ether oxygens (including phenoxy) is 2. The van der Waals surface area contributed by atoms with E-state index in [1.54, 1.807) is 0 Å². The Bertz CT molecular complexity index is 516. The summed E-state index contributed by atoms with van der Waals surface area (Å²) in [5, 5.41) is 9.91. The van der Waals surface area contributed by atoms with Crippen molar-refractivity contribution in [2.24, 2.45) is 5.73 Å². The molecule has 0 radical (unpaired) electrons. The van der Waals surface area contributed by atoms with Crippen LogP contribution >= 0.6 is 0 Å². The van der Waals surface area contributed by atoms with E-state index in [0.717, 1.165) is 6.26 Å². The molecule has 0 fully saturated rings. The molecular weight excluding hydrogens is 270 g/mol. The molecule has 0 spiro atoms. The predicted molar refractivity (Wildman–Crippen MR) is 71.3 cm³/mol. The average molecular weight is 289 g/mol. The van der Waals surface area contributed by atoms with E-state index >= 15 is 0 Å². The highest BCUT2D eigenvalue weighted by molar-refractivity contribution is 7.91. The van der Waals surface area contributed by atoms with Gasteiger partial charge in [0.1, 0.15) is 11.5 Å². The number of hydrogen-bond acceptors (Lipinski definition) is 6. The van der Waals surface area contributed by atoms with Gasteiger partial charge in [-0.2, -0.15) is 0 Å². The first-order valence-corrected chi connectivity index (χ1v) is 7.58. The van der Waals surface area contributed by atoms with Gasteiger partial charge in [0.15, 0.2) is 14.7 Å². The zero-order chi connectivity index (χ0) is 14.6. The normalized spacial score (nSPS) is 13.1. The van der Waals surface area contributed by atoms with E-state index in [1.165, 1.54) is 26.4 Å². The van der Waals surface area contributed by atoms with E-state index in [0.29, 0.717) is 18.5 Å². The van der Waals surface area contributed by atoms with Crippen LogP contribution in [0.2, 0.25) is 0 Å². The fraction of sp³-hybridized carbons (Fsp3) is 0.500. The molecule has 1 atom stereocenters. The molecule has 0 saturated carbocycles. The number of rotatable bonds is 6. The van der Waals surface area contributed by atoms with Gasteiger partial charge in [0.05, 0.1) is 20.3 Å². The maximum Gasteiger partial charge on any atom is 0.182 e. The van der Waals surface area contributed by atoms with Crippen LogP contribution in [0.3, 0.4) is 0 Å². The molecule has 6 nitrogen and oxygen atoms in total. The monoisotopic (exact) mass is 289 g/mol. The molecule has 3 N–H and O–H groups in total. The lowest BCUT2D eigenvalue weighted by Crippen LogP contribution is -2.09. The highest BCUT2D eigenvalue weighted by Crippen LogP contribution is 2.36. The molecule has 1 aromatic carbocycles. The first kappa shape index (κ1) is 15.7. The van der Waals surface area contributed by atoms with E-state index in [9.17, 15) is 13.5 Å². The fourth-order valence-electron chi connectivity index (χ4n) is 1.78. The van der Waals surface area contributed by atoms with Crippen LogP contribution in [0.15, 0.2) is 17.0 Å². The number of aliphatic hydroxyl groups excluding tert-OH is 1. The summed E-state index contributed by atoms with van der Waals surface area (Å²) in [6.45, 7) is 0.319. The molecule has 0 aliphatic heterocycles. The third-order valence-corrected chi connectivity index (χ3v) is 3.82. The Kier molecular flexibility index (Phi) is 5.16. The lowest BCUT2D eigenvalue weighted by molar-refractivity contribution is 0.169. The molecule has 108 valence electrons. The minimum atomic E-state index is -3.50. The molecule has 1 aromatic rings. The maximum atomic E-state index is 11.8. The van der Waals surface area contributed by atoms with Crippen molar-refractivity contribution in [3.63, 3.8) is 0 Å². The second-order valence-corrected chi connectivity index (χ2v) is 6.07. The summed E-state index contributed by atoms with van der Waals surface area (Å²) >= 11 is 0. The van der Waals surface area contributed by atoms with Gasteiger partial charge in [-0.15, -0.1) is 0 Å². The number of hydrogen-bond donors (Lipinski definition) is 2. The van der Waals surface area contributed by atoms with Crippen molar-refractivity contribution in [2.45, 2.75) is 17.4 Å². The zero-order valence-corrected chi connectivity index (χ0v) is 12.0. The van der Waals surface area contributed by atoms with Crippen LogP contribution in [-0.2, 0) is 9.84 Å². The first-order valence-electron chi connectivity index (χ1n) is 5.69. The molecule has 0 bridgehead atoms. The van der Waals surface area contributed by atoms with Crippen molar-refractivity contribution in [2.75, 3.05) is 27.0 Å². The van der Waals surface area contributed by atoms with Gasteiger partial charge in [0.2, 0.25) is 0 Å². The van der Waals surface area contributed by atoms with E-state index < -0.39 is 15.9 Å².